The van der Waals surface area contributed by atoms with Gasteiger partial charge in [0.15, 0.2) is 0 Å². The lowest BCUT2D eigenvalue weighted by atomic mass is 10.1. The van der Waals surface area contributed by atoms with Crippen LogP contribution in [0.25, 0.3) is 0 Å². The Labute approximate surface area is 105 Å². The highest BCUT2D eigenvalue weighted by Gasteiger charge is 2.13. The summed E-state index contributed by atoms with van der Waals surface area (Å²) in [4.78, 5) is 16.8. The van der Waals surface area contributed by atoms with Gasteiger partial charge in [-0.05, 0) is 31.9 Å². The monoisotopic (exact) mass is 246 g/mol. The van der Waals surface area contributed by atoms with Crippen LogP contribution in [0.4, 0.5) is 5.69 Å². The molecule has 1 N–H and O–H groups in total. The number of para-hydroxylation sites is 1. The van der Waals surface area contributed by atoms with E-state index in [9.17, 15) is 4.79 Å². The van der Waals surface area contributed by atoms with Gasteiger partial charge in [-0.3, -0.25) is 4.79 Å². The molecule has 0 radical (unpaired) electrons. The lowest BCUT2D eigenvalue weighted by molar-refractivity contribution is 0.102. The fourth-order valence-corrected chi connectivity index (χ4v) is 2.40. The number of anilines is 1. The maximum atomic E-state index is 12.1. The van der Waals surface area contributed by atoms with Crippen molar-refractivity contribution in [1.82, 2.24) is 4.98 Å². The summed E-state index contributed by atoms with van der Waals surface area (Å²) >= 11 is 1.37. The minimum absolute atomic E-state index is 0.0811. The van der Waals surface area contributed by atoms with Crippen LogP contribution in [0.5, 0.6) is 0 Å². The molecular weight excluding hydrogens is 232 g/mol. The van der Waals surface area contributed by atoms with Gasteiger partial charge in [0.25, 0.3) is 5.91 Å². The van der Waals surface area contributed by atoms with E-state index in [-0.39, 0.29) is 5.91 Å². The first-order chi connectivity index (χ1) is 8.09. The molecule has 2 aromatic rings. The standard InChI is InChI=1S/C13H14N2OS/c1-8-5-4-6-9(2)11(8)15-13(16)12-10(3)14-7-17-12/h4-7H,1-3H3,(H,15,16). The molecule has 0 spiro atoms. The molecule has 0 aliphatic rings. The van der Waals surface area contributed by atoms with Gasteiger partial charge in [-0.2, -0.15) is 0 Å². The Balaban J connectivity index is 2.28. The molecule has 0 aliphatic carbocycles. The van der Waals surface area contributed by atoms with Gasteiger partial charge < -0.3 is 5.32 Å². The Morgan fingerprint density at radius 3 is 2.41 bits per heavy atom. The first-order valence-corrected chi connectivity index (χ1v) is 6.25. The quantitative estimate of drug-likeness (QED) is 0.883. The van der Waals surface area contributed by atoms with Crippen molar-refractivity contribution in [1.29, 1.82) is 0 Å². The molecular formula is C13H14N2OS. The van der Waals surface area contributed by atoms with Crippen molar-refractivity contribution in [3.8, 4) is 0 Å². The number of benzene rings is 1. The van der Waals surface area contributed by atoms with E-state index in [1.165, 1.54) is 11.3 Å². The van der Waals surface area contributed by atoms with Crippen LogP contribution in [0, 0.1) is 20.8 Å². The minimum atomic E-state index is -0.0811. The number of thiazole rings is 1. The summed E-state index contributed by atoms with van der Waals surface area (Å²) in [5.41, 5.74) is 5.50. The Bertz CT molecular complexity index is 540. The molecule has 3 nitrogen and oxygen atoms in total. The number of carbonyl (C=O) groups excluding carboxylic acids is 1. The van der Waals surface area contributed by atoms with E-state index in [4.69, 9.17) is 0 Å². The molecule has 0 aliphatic heterocycles. The van der Waals surface area contributed by atoms with E-state index < -0.39 is 0 Å². The van der Waals surface area contributed by atoms with E-state index in [1.807, 2.05) is 39.0 Å². The van der Waals surface area contributed by atoms with E-state index in [0.717, 1.165) is 22.5 Å². The maximum Gasteiger partial charge on any atom is 0.267 e. The number of hydrogen-bond donors (Lipinski definition) is 1. The SMILES string of the molecule is Cc1cccc(C)c1NC(=O)c1scnc1C. The fourth-order valence-electron chi connectivity index (χ4n) is 1.70. The summed E-state index contributed by atoms with van der Waals surface area (Å²) in [5, 5.41) is 2.95. The Morgan fingerprint density at radius 2 is 1.88 bits per heavy atom. The number of amides is 1. The van der Waals surface area contributed by atoms with Crippen LogP contribution in [-0.2, 0) is 0 Å². The van der Waals surface area contributed by atoms with Crippen molar-refractivity contribution in [3.05, 3.63) is 45.4 Å². The molecule has 1 amide bonds. The van der Waals surface area contributed by atoms with E-state index in [0.29, 0.717) is 4.88 Å². The second-order valence-electron chi connectivity index (χ2n) is 3.99. The zero-order valence-electron chi connectivity index (χ0n) is 10.1. The first kappa shape index (κ1) is 11.8. The van der Waals surface area contributed by atoms with Crippen LogP contribution in [0.15, 0.2) is 23.7 Å². The second-order valence-corrected chi connectivity index (χ2v) is 4.84. The predicted molar refractivity (Wildman–Crippen MR) is 70.7 cm³/mol. The lowest BCUT2D eigenvalue weighted by Gasteiger charge is -2.10. The summed E-state index contributed by atoms with van der Waals surface area (Å²) in [6.07, 6.45) is 0. The van der Waals surface area contributed by atoms with Crippen LogP contribution in [0.3, 0.4) is 0 Å². The van der Waals surface area contributed by atoms with Crippen molar-refractivity contribution in [2.75, 3.05) is 5.32 Å². The number of carbonyl (C=O) groups is 1. The zero-order chi connectivity index (χ0) is 12.4. The summed E-state index contributed by atoms with van der Waals surface area (Å²) in [7, 11) is 0. The molecule has 0 bridgehead atoms. The maximum absolute atomic E-state index is 12.1. The van der Waals surface area contributed by atoms with Crippen molar-refractivity contribution >= 4 is 22.9 Å². The molecule has 88 valence electrons. The number of nitrogens with one attached hydrogen (secondary N) is 1. The van der Waals surface area contributed by atoms with Crippen LogP contribution in [0.2, 0.25) is 0 Å². The molecule has 0 fully saturated rings. The molecule has 1 heterocycles. The van der Waals surface area contributed by atoms with E-state index in [1.54, 1.807) is 5.51 Å². The first-order valence-electron chi connectivity index (χ1n) is 5.37. The van der Waals surface area contributed by atoms with Crippen LogP contribution < -0.4 is 5.32 Å². The van der Waals surface area contributed by atoms with Crippen molar-refractivity contribution in [2.24, 2.45) is 0 Å². The molecule has 1 aromatic carbocycles. The highest BCUT2D eigenvalue weighted by molar-refractivity contribution is 7.12. The normalized spacial score (nSPS) is 10.3. The third-order valence-corrected chi connectivity index (χ3v) is 3.60. The van der Waals surface area contributed by atoms with Crippen molar-refractivity contribution < 1.29 is 4.79 Å². The molecule has 0 unspecified atom stereocenters. The van der Waals surface area contributed by atoms with Gasteiger partial charge in [0.2, 0.25) is 0 Å². The molecule has 0 saturated carbocycles. The molecule has 0 atom stereocenters. The van der Waals surface area contributed by atoms with Gasteiger partial charge >= 0.3 is 0 Å². The molecule has 1 aromatic heterocycles. The summed E-state index contributed by atoms with van der Waals surface area (Å²) in [6, 6.07) is 5.96. The predicted octanol–water partition coefficient (Wildman–Crippen LogP) is 3.32. The van der Waals surface area contributed by atoms with E-state index >= 15 is 0 Å². The van der Waals surface area contributed by atoms with Crippen molar-refractivity contribution in [2.45, 2.75) is 20.8 Å². The van der Waals surface area contributed by atoms with Gasteiger partial charge in [-0.25, -0.2) is 4.98 Å². The van der Waals surface area contributed by atoms with Gasteiger partial charge in [0, 0.05) is 5.69 Å². The third-order valence-electron chi connectivity index (χ3n) is 2.67. The van der Waals surface area contributed by atoms with Crippen molar-refractivity contribution in [3.63, 3.8) is 0 Å². The summed E-state index contributed by atoms with van der Waals surface area (Å²) in [5.74, 6) is -0.0811. The number of nitrogens with zero attached hydrogens (tertiary/aromatic N) is 1. The number of aromatic nitrogens is 1. The van der Waals surface area contributed by atoms with Gasteiger partial charge in [0.1, 0.15) is 4.88 Å². The Morgan fingerprint density at radius 1 is 1.24 bits per heavy atom. The Hall–Kier alpha value is -1.68. The molecule has 0 saturated heterocycles. The average molecular weight is 246 g/mol. The molecule has 2 rings (SSSR count). The highest BCUT2D eigenvalue weighted by atomic mass is 32.1. The Kier molecular flexibility index (Phi) is 3.24. The van der Waals surface area contributed by atoms with Crippen LogP contribution in [-0.4, -0.2) is 10.9 Å². The smallest absolute Gasteiger partial charge is 0.267 e. The number of hydrogen-bond acceptors (Lipinski definition) is 3. The van der Waals surface area contributed by atoms with E-state index in [2.05, 4.69) is 10.3 Å². The number of rotatable bonds is 2. The highest BCUT2D eigenvalue weighted by Crippen LogP contribution is 2.21. The van der Waals surface area contributed by atoms with Gasteiger partial charge in [-0.15, -0.1) is 11.3 Å². The van der Waals surface area contributed by atoms with Gasteiger partial charge in [-0.1, -0.05) is 18.2 Å². The number of aryl methyl sites for hydroxylation is 3. The van der Waals surface area contributed by atoms with Gasteiger partial charge in [0.05, 0.1) is 11.2 Å². The van der Waals surface area contributed by atoms with Crippen LogP contribution >= 0.6 is 11.3 Å². The minimum Gasteiger partial charge on any atom is -0.321 e. The third kappa shape index (κ3) is 2.36. The van der Waals surface area contributed by atoms with Crippen LogP contribution in [0.1, 0.15) is 26.5 Å². The molecule has 17 heavy (non-hydrogen) atoms. The summed E-state index contributed by atoms with van der Waals surface area (Å²) < 4.78 is 0. The fraction of sp³-hybridized carbons (Fsp3) is 0.231. The summed E-state index contributed by atoms with van der Waals surface area (Å²) in [6.45, 7) is 5.82. The topological polar surface area (TPSA) is 42.0 Å². The zero-order valence-corrected chi connectivity index (χ0v) is 10.9. The second kappa shape index (κ2) is 4.67. The largest absolute Gasteiger partial charge is 0.321 e. The average Bonchev–Trinajstić information content (AvgIpc) is 2.70. The lowest BCUT2D eigenvalue weighted by Crippen LogP contribution is -2.13. The molecule has 4 heteroatoms.